The molecule has 0 saturated heterocycles. The molecule has 0 heterocycles. The van der Waals surface area contributed by atoms with Crippen LogP contribution in [0.15, 0.2) is 28.3 Å². The first-order valence-corrected chi connectivity index (χ1v) is 7.56. The van der Waals surface area contributed by atoms with Gasteiger partial charge in [-0.15, -0.1) is 0 Å². The topological polar surface area (TPSA) is 105 Å². The first-order valence-electron chi connectivity index (χ1n) is 6.07. The van der Waals surface area contributed by atoms with Crippen molar-refractivity contribution in [2.45, 2.75) is 37.6 Å². The Morgan fingerprint density at radius 3 is 2.70 bits per heavy atom. The van der Waals surface area contributed by atoms with Crippen molar-refractivity contribution in [3.8, 4) is 0 Å². The van der Waals surface area contributed by atoms with E-state index in [2.05, 4.69) is 9.88 Å². The molecule has 0 aliphatic carbocycles. The van der Waals surface area contributed by atoms with E-state index in [9.17, 15) is 12.8 Å². The number of rotatable bonds is 6. The fourth-order valence-corrected chi connectivity index (χ4v) is 3.26. The first-order chi connectivity index (χ1) is 9.31. The van der Waals surface area contributed by atoms with Crippen LogP contribution in [0.3, 0.4) is 0 Å². The lowest BCUT2D eigenvalue weighted by molar-refractivity contribution is 0.315. The van der Waals surface area contributed by atoms with E-state index in [1.54, 1.807) is 0 Å². The summed E-state index contributed by atoms with van der Waals surface area (Å²) >= 11 is 0. The second kappa shape index (κ2) is 6.67. The molecule has 0 radical (unpaired) electrons. The van der Waals surface area contributed by atoms with Gasteiger partial charge in [-0.05, 0) is 37.1 Å². The van der Waals surface area contributed by atoms with Gasteiger partial charge in [0.1, 0.15) is 5.82 Å². The summed E-state index contributed by atoms with van der Waals surface area (Å²) in [7, 11) is -3.87. The van der Waals surface area contributed by atoms with Gasteiger partial charge in [-0.25, -0.2) is 17.5 Å². The Labute approximate surface area is 117 Å². The maximum atomic E-state index is 13.0. The number of benzene rings is 1. The smallest absolute Gasteiger partial charge is 0.241 e. The maximum Gasteiger partial charge on any atom is 0.241 e. The third-order valence-electron chi connectivity index (χ3n) is 2.77. The van der Waals surface area contributed by atoms with Gasteiger partial charge in [0.2, 0.25) is 10.0 Å². The van der Waals surface area contributed by atoms with Crippen molar-refractivity contribution in [1.82, 2.24) is 4.72 Å². The number of halogens is 1. The van der Waals surface area contributed by atoms with Gasteiger partial charge in [0, 0.05) is 0 Å². The van der Waals surface area contributed by atoms with Crippen LogP contribution in [0.25, 0.3) is 0 Å². The zero-order valence-corrected chi connectivity index (χ0v) is 12.1. The summed E-state index contributed by atoms with van der Waals surface area (Å²) in [6, 6.07) is 2.58. The highest BCUT2D eigenvalue weighted by Gasteiger charge is 2.24. The molecule has 0 aliphatic rings. The average Bonchev–Trinajstić information content (AvgIpc) is 2.36. The summed E-state index contributed by atoms with van der Waals surface area (Å²) in [5.41, 5.74) is 5.75. The minimum Gasteiger partial charge on any atom is -0.409 e. The second-order valence-corrected chi connectivity index (χ2v) is 6.08. The summed E-state index contributed by atoms with van der Waals surface area (Å²) in [5, 5.41) is 11.5. The predicted octanol–water partition coefficient (Wildman–Crippen LogP) is 1.33. The molecule has 1 unspecified atom stereocenters. The lowest BCUT2D eigenvalue weighted by Crippen LogP contribution is -2.44. The molecule has 112 valence electrons. The van der Waals surface area contributed by atoms with Crippen LogP contribution in [0.2, 0.25) is 0 Å². The lowest BCUT2D eigenvalue weighted by atomic mass is 10.2. The highest BCUT2D eigenvalue weighted by Crippen LogP contribution is 2.17. The van der Waals surface area contributed by atoms with Crippen LogP contribution in [0.5, 0.6) is 0 Å². The van der Waals surface area contributed by atoms with E-state index in [4.69, 9.17) is 10.9 Å². The van der Waals surface area contributed by atoms with Crippen LogP contribution in [0.4, 0.5) is 4.39 Å². The standard InChI is InChI=1S/C12H18FN3O3S/c1-3-4-10(12(14)15-17)16-20(18,19)11-6-5-9(13)7-8(11)2/h5-7,10,16-17H,3-4H2,1-2H3,(H2,14,15). The zero-order chi connectivity index (χ0) is 15.3. The summed E-state index contributed by atoms with van der Waals surface area (Å²) in [6.07, 6.45) is 1.03. The van der Waals surface area contributed by atoms with Crippen LogP contribution in [0, 0.1) is 12.7 Å². The molecule has 0 saturated carbocycles. The SMILES string of the molecule is CCCC(NS(=O)(=O)c1ccc(F)cc1C)/C(N)=N/O. The quantitative estimate of drug-likeness (QED) is 0.319. The molecule has 8 heteroatoms. The van der Waals surface area contributed by atoms with Gasteiger partial charge < -0.3 is 10.9 Å². The number of oxime groups is 1. The summed E-state index contributed by atoms with van der Waals surface area (Å²) < 4.78 is 39.9. The van der Waals surface area contributed by atoms with E-state index < -0.39 is 21.9 Å². The van der Waals surface area contributed by atoms with E-state index in [0.29, 0.717) is 12.8 Å². The fraction of sp³-hybridized carbons (Fsp3) is 0.417. The van der Waals surface area contributed by atoms with Crippen molar-refractivity contribution in [1.29, 1.82) is 0 Å². The third-order valence-corrected chi connectivity index (χ3v) is 4.41. The Kier molecular flexibility index (Phi) is 5.46. The van der Waals surface area contributed by atoms with Crippen LogP contribution in [-0.4, -0.2) is 25.5 Å². The molecular formula is C12H18FN3O3S. The summed E-state index contributed by atoms with van der Waals surface area (Å²) in [4.78, 5) is -0.0363. The minimum atomic E-state index is -3.87. The van der Waals surface area contributed by atoms with Gasteiger partial charge in [0.15, 0.2) is 5.84 Å². The van der Waals surface area contributed by atoms with Crippen molar-refractivity contribution in [3.05, 3.63) is 29.6 Å². The van der Waals surface area contributed by atoms with Crippen LogP contribution in [0.1, 0.15) is 25.3 Å². The average molecular weight is 303 g/mol. The van der Waals surface area contributed by atoms with Crippen molar-refractivity contribution in [2.24, 2.45) is 10.9 Å². The van der Waals surface area contributed by atoms with Gasteiger partial charge in [-0.3, -0.25) is 0 Å². The number of aryl methyl sites for hydroxylation is 1. The van der Waals surface area contributed by atoms with Gasteiger partial charge in [-0.2, -0.15) is 0 Å². The summed E-state index contributed by atoms with van der Waals surface area (Å²) in [5.74, 6) is -0.724. The molecule has 0 aliphatic heterocycles. The Bertz CT molecular complexity index is 602. The molecule has 1 atom stereocenters. The minimum absolute atomic E-state index is 0.0363. The number of nitrogens with two attached hydrogens (primary N) is 1. The largest absolute Gasteiger partial charge is 0.409 e. The van der Waals surface area contributed by atoms with Crippen molar-refractivity contribution >= 4 is 15.9 Å². The highest BCUT2D eigenvalue weighted by atomic mass is 32.2. The number of nitrogens with zero attached hydrogens (tertiary/aromatic N) is 1. The van der Waals surface area contributed by atoms with Crippen molar-refractivity contribution in [3.63, 3.8) is 0 Å². The number of amidine groups is 1. The first kappa shape index (κ1) is 16.4. The second-order valence-electron chi connectivity index (χ2n) is 4.40. The van der Waals surface area contributed by atoms with E-state index >= 15 is 0 Å². The van der Waals surface area contributed by atoms with Crippen LogP contribution in [-0.2, 0) is 10.0 Å². The van der Waals surface area contributed by atoms with Crippen molar-refractivity contribution < 1.29 is 18.0 Å². The molecule has 0 bridgehead atoms. The van der Waals surface area contributed by atoms with Gasteiger partial charge in [0.05, 0.1) is 10.9 Å². The van der Waals surface area contributed by atoms with E-state index in [1.807, 2.05) is 6.92 Å². The molecule has 1 rings (SSSR count). The third kappa shape index (κ3) is 3.91. The van der Waals surface area contributed by atoms with E-state index in [-0.39, 0.29) is 16.3 Å². The molecule has 6 nitrogen and oxygen atoms in total. The Morgan fingerprint density at radius 1 is 1.55 bits per heavy atom. The van der Waals surface area contributed by atoms with E-state index in [0.717, 1.165) is 12.1 Å². The van der Waals surface area contributed by atoms with Gasteiger partial charge in [-0.1, -0.05) is 18.5 Å². The lowest BCUT2D eigenvalue weighted by Gasteiger charge is -2.17. The molecule has 1 aromatic rings. The normalized spacial score (nSPS) is 14.2. The highest BCUT2D eigenvalue weighted by molar-refractivity contribution is 7.89. The fourth-order valence-electron chi connectivity index (χ4n) is 1.79. The van der Waals surface area contributed by atoms with E-state index in [1.165, 1.54) is 13.0 Å². The van der Waals surface area contributed by atoms with Gasteiger partial charge >= 0.3 is 0 Å². The molecule has 0 spiro atoms. The molecule has 4 N–H and O–H groups in total. The monoisotopic (exact) mass is 303 g/mol. The van der Waals surface area contributed by atoms with Crippen molar-refractivity contribution in [2.75, 3.05) is 0 Å². The Hall–Kier alpha value is -1.67. The van der Waals surface area contributed by atoms with Crippen LogP contribution >= 0.6 is 0 Å². The Morgan fingerprint density at radius 2 is 2.20 bits per heavy atom. The molecular weight excluding hydrogens is 285 g/mol. The van der Waals surface area contributed by atoms with Crippen LogP contribution < -0.4 is 10.5 Å². The molecule has 0 aromatic heterocycles. The molecule has 0 fully saturated rings. The van der Waals surface area contributed by atoms with Gasteiger partial charge in [0.25, 0.3) is 0 Å². The molecule has 1 aromatic carbocycles. The predicted molar refractivity (Wildman–Crippen MR) is 73.6 cm³/mol. The maximum absolute atomic E-state index is 13.0. The molecule has 0 amide bonds. The number of hydrogen-bond acceptors (Lipinski definition) is 4. The number of nitrogens with one attached hydrogen (secondary N) is 1. The zero-order valence-electron chi connectivity index (χ0n) is 11.3. The number of hydrogen-bond donors (Lipinski definition) is 3. The number of sulfonamides is 1. The molecule has 20 heavy (non-hydrogen) atoms. The summed E-state index contributed by atoms with van der Waals surface area (Å²) in [6.45, 7) is 3.34. The Balaban J connectivity index is 3.09.